The summed E-state index contributed by atoms with van der Waals surface area (Å²) in [6.45, 7) is 1.13. The molecule has 1 aliphatic carbocycles. The molecule has 1 unspecified atom stereocenters. The highest BCUT2D eigenvalue weighted by Crippen LogP contribution is 2.36. The Morgan fingerprint density at radius 1 is 1.03 bits per heavy atom. The number of benzene rings is 2. The van der Waals surface area contributed by atoms with E-state index >= 15 is 0 Å². The number of imidazole rings is 1. The van der Waals surface area contributed by atoms with Crippen molar-refractivity contribution < 1.29 is 23.8 Å². The molecular weight excluding hydrogens is 494 g/mol. The summed E-state index contributed by atoms with van der Waals surface area (Å²) >= 11 is 0. The number of carboxylic acid groups (broad SMARTS) is 1. The fourth-order valence-electron chi connectivity index (χ4n) is 5.74. The Kier molecular flexibility index (Phi) is 6.92. The average molecular weight is 526 g/mol. The number of aliphatic carboxylic acids is 1. The number of nitrogens with zero attached hydrogens (tertiary/aromatic N) is 3. The van der Waals surface area contributed by atoms with Crippen molar-refractivity contribution in [1.29, 1.82) is 0 Å². The third kappa shape index (κ3) is 5.32. The van der Waals surface area contributed by atoms with E-state index in [1.807, 2.05) is 53.4 Å². The highest BCUT2D eigenvalue weighted by atomic mass is 16.5. The topological polar surface area (TPSA) is 97.8 Å². The normalized spacial score (nSPS) is 18.3. The van der Waals surface area contributed by atoms with Crippen LogP contribution in [0.25, 0.3) is 28.5 Å². The summed E-state index contributed by atoms with van der Waals surface area (Å²) in [5.41, 5.74) is 4.25. The number of likely N-dealkylation sites (tertiary alicyclic amines) is 1. The van der Waals surface area contributed by atoms with Crippen LogP contribution in [0.1, 0.15) is 60.5 Å². The van der Waals surface area contributed by atoms with Crippen molar-refractivity contribution in [3.8, 4) is 17.1 Å². The van der Waals surface area contributed by atoms with E-state index in [4.69, 9.17) is 19.2 Å². The lowest BCUT2D eigenvalue weighted by Crippen LogP contribution is -2.30. The molecule has 1 saturated carbocycles. The summed E-state index contributed by atoms with van der Waals surface area (Å²) in [6, 6.07) is 15.5. The SMILES string of the molecule is O=C(O)/C=C/c1ccc(OC2CCN(C(=O)c3ccc4c(c3)nc(-c3ccoc3)n4C3CCCCC3)C2)cc1. The zero-order valence-corrected chi connectivity index (χ0v) is 21.7. The number of carboxylic acids is 1. The molecule has 39 heavy (non-hydrogen) atoms. The van der Waals surface area contributed by atoms with E-state index in [0.29, 0.717) is 30.4 Å². The van der Waals surface area contributed by atoms with Gasteiger partial charge in [0.05, 0.1) is 29.4 Å². The second kappa shape index (κ2) is 10.8. The van der Waals surface area contributed by atoms with Crippen molar-refractivity contribution >= 4 is 29.0 Å². The van der Waals surface area contributed by atoms with Gasteiger partial charge in [-0.1, -0.05) is 31.4 Å². The van der Waals surface area contributed by atoms with Crippen molar-refractivity contribution in [1.82, 2.24) is 14.5 Å². The molecule has 4 aromatic rings. The molecule has 0 radical (unpaired) electrons. The quantitative estimate of drug-likeness (QED) is 0.289. The molecule has 200 valence electrons. The Balaban J connectivity index is 1.17. The molecule has 8 heteroatoms. The summed E-state index contributed by atoms with van der Waals surface area (Å²) < 4.78 is 13.8. The van der Waals surface area contributed by atoms with E-state index in [9.17, 15) is 9.59 Å². The van der Waals surface area contributed by atoms with Crippen LogP contribution in [0.4, 0.5) is 0 Å². The standard InChI is InChI=1S/C31H31N3O5/c35-29(36)13-8-21-6-10-25(11-7-21)39-26-14-16-33(19-26)31(37)22-9-12-28-27(18-22)32-30(23-15-17-38-20-23)34(28)24-4-2-1-3-5-24/h6-13,15,17-18,20,24,26H,1-5,14,16,19H2,(H,35,36)/b13-8+. The summed E-state index contributed by atoms with van der Waals surface area (Å²) in [5, 5.41) is 8.78. The Morgan fingerprint density at radius 3 is 2.59 bits per heavy atom. The zero-order valence-electron chi connectivity index (χ0n) is 21.7. The third-order valence-electron chi connectivity index (χ3n) is 7.69. The smallest absolute Gasteiger partial charge is 0.328 e. The van der Waals surface area contributed by atoms with E-state index in [2.05, 4.69) is 4.57 Å². The van der Waals surface area contributed by atoms with Gasteiger partial charge in [0.2, 0.25) is 0 Å². The minimum absolute atomic E-state index is 0.0192. The molecule has 6 rings (SSSR count). The van der Waals surface area contributed by atoms with Gasteiger partial charge in [-0.3, -0.25) is 4.79 Å². The zero-order chi connectivity index (χ0) is 26.8. The van der Waals surface area contributed by atoms with E-state index in [1.165, 1.54) is 25.3 Å². The van der Waals surface area contributed by atoms with Gasteiger partial charge in [0, 0.05) is 30.6 Å². The van der Waals surface area contributed by atoms with Crippen LogP contribution in [0.15, 0.2) is 71.6 Å². The maximum Gasteiger partial charge on any atom is 0.328 e. The number of rotatable bonds is 7. The van der Waals surface area contributed by atoms with E-state index in [1.54, 1.807) is 12.5 Å². The van der Waals surface area contributed by atoms with Crippen molar-refractivity contribution in [3.63, 3.8) is 0 Å². The summed E-state index contributed by atoms with van der Waals surface area (Å²) in [5.74, 6) is 0.591. The molecule has 2 aliphatic rings. The second-order valence-electron chi connectivity index (χ2n) is 10.3. The summed E-state index contributed by atoms with van der Waals surface area (Å²) in [7, 11) is 0. The molecule has 8 nitrogen and oxygen atoms in total. The Morgan fingerprint density at radius 2 is 1.85 bits per heavy atom. The van der Waals surface area contributed by atoms with Gasteiger partial charge in [0.25, 0.3) is 5.91 Å². The van der Waals surface area contributed by atoms with Crippen LogP contribution in [-0.2, 0) is 4.79 Å². The Hall–Kier alpha value is -4.33. The number of carbonyl (C=O) groups is 2. The molecule has 3 heterocycles. The van der Waals surface area contributed by atoms with Gasteiger partial charge in [0.15, 0.2) is 0 Å². The van der Waals surface area contributed by atoms with Gasteiger partial charge < -0.3 is 23.7 Å². The van der Waals surface area contributed by atoms with Crippen molar-refractivity contribution in [2.75, 3.05) is 13.1 Å². The van der Waals surface area contributed by atoms with Crippen LogP contribution >= 0.6 is 0 Å². The second-order valence-corrected chi connectivity index (χ2v) is 10.3. The van der Waals surface area contributed by atoms with Gasteiger partial charge in [-0.25, -0.2) is 9.78 Å². The molecule has 0 bridgehead atoms. The highest BCUT2D eigenvalue weighted by molar-refractivity contribution is 5.98. The number of hydrogen-bond donors (Lipinski definition) is 1. The molecular formula is C31H31N3O5. The molecule has 1 amide bonds. The van der Waals surface area contributed by atoms with Crippen LogP contribution in [0.5, 0.6) is 5.75 Å². The van der Waals surface area contributed by atoms with Crippen LogP contribution in [0.3, 0.4) is 0 Å². The van der Waals surface area contributed by atoms with Crippen LogP contribution in [0, 0.1) is 0 Å². The number of furan rings is 1. The average Bonchev–Trinajstić information content (AvgIpc) is 3.72. The Labute approximate surface area is 226 Å². The van der Waals surface area contributed by atoms with Crippen molar-refractivity contribution in [2.45, 2.75) is 50.7 Å². The van der Waals surface area contributed by atoms with Gasteiger partial charge in [-0.2, -0.15) is 0 Å². The summed E-state index contributed by atoms with van der Waals surface area (Å²) in [4.78, 5) is 31.0. The van der Waals surface area contributed by atoms with Crippen molar-refractivity contribution in [3.05, 3.63) is 78.3 Å². The molecule has 1 N–H and O–H groups in total. The lowest BCUT2D eigenvalue weighted by molar-refractivity contribution is -0.131. The molecule has 2 aromatic carbocycles. The molecule has 0 spiro atoms. The highest BCUT2D eigenvalue weighted by Gasteiger charge is 2.29. The largest absolute Gasteiger partial charge is 0.489 e. The first kappa shape index (κ1) is 25.0. The molecule has 1 aliphatic heterocycles. The fraction of sp³-hybridized carbons (Fsp3) is 0.323. The fourth-order valence-corrected chi connectivity index (χ4v) is 5.74. The number of amides is 1. The molecule has 1 atom stereocenters. The number of ether oxygens (including phenoxy) is 1. The number of hydrogen-bond acceptors (Lipinski definition) is 5. The van der Waals surface area contributed by atoms with Gasteiger partial charge >= 0.3 is 5.97 Å². The Bertz CT molecular complexity index is 1500. The van der Waals surface area contributed by atoms with E-state index in [-0.39, 0.29) is 12.0 Å². The van der Waals surface area contributed by atoms with E-state index in [0.717, 1.165) is 53.3 Å². The predicted octanol–water partition coefficient (Wildman–Crippen LogP) is 6.19. The minimum Gasteiger partial charge on any atom is -0.489 e. The third-order valence-corrected chi connectivity index (χ3v) is 7.69. The maximum atomic E-state index is 13.4. The molecule has 2 fully saturated rings. The first-order valence-corrected chi connectivity index (χ1v) is 13.6. The first-order chi connectivity index (χ1) is 19.0. The van der Waals surface area contributed by atoms with Crippen LogP contribution in [0.2, 0.25) is 0 Å². The number of aromatic nitrogens is 2. The van der Waals surface area contributed by atoms with Crippen molar-refractivity contribution in [2.24, 2.45) is 0 Å². The lowest BCUT2D eigenvalue weighted by Gasteiger charge is -2.25. The number of fused-ring (bicyclic) bond motifs is 1. The predicted molar refractivity (Wildman–Crippen MR) is 148 cm³/mol. The monoisotopic (exact) mass is 525 g/mol. The van der Waals surface area contributed by atoms with Gasteiger partial charge in [0.1, 0.15) is 23.9 Å². The molecule has 2 aromatic heterocycles. The van der Waals surface area contributed by atoms with Gasteiger partial charge in [-0.15, -0.1) is 0 Å². The first-order valence-electron chi connectivity index (χ1n) is 13.6. The minimum atomic E-state index is -0.985. The summed E-state index contributed by atoms with van der Waals surface area (Å²) in [6.07, 6.45) is 12.7. The van der Waals surface area contributed by atoms with Gasteiger partial charge in [-0.05, 0) is 60.9 Å². The van der Waals surface area contributed by atoms with Crippen LogP contribution in [-0.4, -0.2) is 50.6 Å². The maximum absolute atomic E-state index is 13.4. The van der Waals surface area contributed by atoms with E-state index < -0.39 is 5.97 Å². The van der Waals surface area contributed by atoms with Crippen LogP contribution < -0.4 is 4.74 Å². The molecule has 1 saturated heterocycles. The lowest BCUT2D eigenvalue weighted by atomic mass is 9.95. The number of carbonyl (C=O) groups excluding carboxylic acids is 1.